The molecule has 0 spiro atoms. The topological polar surface area (TPSA) is 132 Å². The van der Waals surface area contributed by atoms with Gasteiger partial charge in [-0.15, -0.1) is 0 Å². The summed E-state index contributed by atoms with van der Waals surface area (Å²) in [4.78, 5) is 41.9. The minimum absolute atomic E-state index is 0.112. The Morgan fingerprint density at radius 2 is 1.70 bits per heavy atom. The summed E-state index contributed by atoms with van der Waals surface area (Å²) in [5.74, 6) is -0.841. The van der Waals surface area contributed by atoms with Crippen LogP contribution in [0.2, 0.25) is 0 Å². The molecule has 3 amide bonds. The first-order valence-corrected chi connectivity index (χ1v) is 13.9. The average Bonchev–Trinajstić information content (AvgIpc) is 3.35. The van der Waals surface area contributed by atoms with Crippen LogP contribution in [0.1, 0.15) is 83.8 Å². The molecule has 2 heterocycles. The van der Waals surface area contributed by atoms with Crippen LogP contribution >= 0.6 is 0 Å². The molecule has 2 aliphatic rings. The molecule has 2 saturated carbocycles. The molecule has 0 bridgehead atoms. The van der Waals surface area contributed by atoms with Gasteiger partial charge in [0.2, 0.25) is 5.91 Å². The van der Waals surface area contributed by atoms with Gasteiger partial charge in [0.15, 0.2) is 0 Å². The number of aromatic nitrogens is 3. The predicted molar refractivity (Wildman–Crippen MR) is 152 cm³/mol. The van der Waals surface area contributed by atoms with Crippen molar-refractivity contribution in [3.8, 4) is 5.69 Å². The highest BCUT2D eigenvalue weighted by molar-refractivity contribution is 6.05. The maximum absolute atomic E-state index is 13.4. The molecular weight excluding hydrogens is 504 g/mol. The van der Waals surface area contributed by atoms with Crippen molar-refractivity contribution in [1.82, 2.24) is 20.1 Å². The number of carbonyl (C=O) groups is 3. The Morgan fingerprint density at radius 3 is 2.35 bits per heavy atom. The highest BCUT2D eigenvalue weighted by atomic mass is 16.2. The van der Waals surface area contributed by atoms with Gasteiger partial charge in [-0.3, -0.25) is 14.4 Å². The number of hydrogen-bond acceptors (Lipinski definition) is 5. The van der Waals surface area contributed by atoms with Gasteiger partial charge >= 0.3 is 0 Å². The lowest BCUT2D eigenvalue weighted by atomic mass is 9.75. The molecule has 0 atom stereocenters. The fourth-order valence-corrected chi connectivity index (χ4v) is 5.88. The zero-order valence-corrected chi connectivity index (χ0v) is 22.2. The van der Waals surface area contributed by atoms with Gasteiger partial charge in [-0.1, -0.05) is 43.5 Å². The number of rotatable bonds is 7. The van der Waals surface area contributed by atoms with Crippen molar-refractivity contribution in [2.75, 3.05) is 5.32 Å². The van der Waals surface area contributed by atoms with Gasteiger partial charge in [-0.05, 0) is 68.5 Å². The number of hydrogen-bond donors (Lipinski definition) is 3. The van der Waals surface area contributed by atoms with E-state index in [1.165, 1.54) is 37.2 Å². The van der Waals surface area contributed by atoms with Crippen molar-refractivity contribution < 1.29 is 14.4 Å². The van der Waals surface area contributed by atoms with Crippen LogP contribution in [0.3, 0.4) is 0 Å². The lowest BCUT2D eigenvalue weighted by molar-refractivity contribution is -0.125. The Hall–Kier alpha value is -4.53. The zero-order chi connectivity index (χ0) is 27.7. The zero-order valence-electron chi connectivity index (χ0n) is 22.2. The summed E-state index contributed by atoms with van der Waals surface area (Å²) in [5.41, 5.74) is 8.23. The summed E-state index contributed by atoms with van der Waals surface area (Å²) in [6, 6.07) is 18.8. The monoisotopic (exact) mass is 536 g/mol. The second-order valence-corrected chi connectivity index (χ2v) is 10.8. The minimum Gasteiger partial charge on any atom is -0.364 e. The number of amides is 3. The van der Waals surface area contributed by atoms with Crippen molar-refractivity contribution in [2.45, 2.75) is 62.8 Å². The maximum Gasteiger partial charge on any atom is 0.267 e. The highest BCUT2D eigenvalue weighted by Crippen LogP contribution is 2.38. The Balaban J connectivity index is 1.26. The molecule has 4 aromatic rings. The van der Waals surface area contributed by atoms with Gasteiger partial charge in [-0.2, -0.15) is 5.10 Å². The van der Waals surface area contributed by atoms with Crippen molar-refractivity contribution >= 4 is 34.3 Å². The molecule has 2 fully saturated rings. The molecule has 0 radical (unpaired) electrons. The normalized spacial score (nSPS) is 16.7. The molecule has 9 nitrogen and oxygen atoms in total. The van der Waals surface area contributed by atoms with Gasteiger partial charge in [0, 0.05) is 16.9 Å². The first-order valence-electron chi connectivity index (χ1n) is 13.9. The van der Waals surface area contributed by atoms with Gasteiger partial charge in [0.05, 0.1) is 28.8 Å². The van der Waals surface area contributed by atoms with Crippen LogP contribution in [-0.4, -0.2) is 38.0 Å². The fourth-order valence-electron chi connectivity index (χ4n) is 5.88. The second-order valence-electron chi connectivity index (χ2n) is 10.8. The second kappa shape index (κ2) is 10.6. The third-order valence-electron chi connectivity index (χ3n) is 8.23. The smallest absolute Gasteiger partial charge is 0.267 e. The molecule has 204 valence electrons. The van der Waals surface area contributed by atoms with Crippen LogP contribution in [0.4, 0.5) is 5.69 Å². The van der Waals surface area contributed by atoms with E-state index in [4.69, 9.17) is 10.8 Å². The molecule has 2 aromatic carbocycles. The maximum atomic E-state index is 13.4. The largest absolute Gasteiger partial charge is 0.364 e. The Labute approximate surface area is 232 Å². The number of benzene rings is 2. The number of carbonyl (C=O) groups excluding carboxylic acids is 3. The standard InChI is InChI=1S/C31H32N6O3/c32-28(38)25-15-13-22(19-33-25)34-30(40)31(16-7-17-31)35-29(39)21-12-14-24-26(18-21)36-37(23-10-5-2-6-11-23)27(24)20-8-3-1-4-9-20/h2,5-6,10-15,18-20H,1,3-4,7-9,16-17H2,(H2,32,38)(H,34,40)(H,35,39). The summed E-state index contributed by atoms with van der Waals surface area (Å²) in [6.07, 6.45) is 9.24. The molecule has 0 unspecified atom stereocenters. The average molecular weight is 537 g/mol. The summed E-state index contributed by atoms with van der Waals surface area (Å²) in [6.45, 7) is 0. The predicted octanol–water partition coefficient (Wildman–Crippen LogP) is 4.86. The van der Waals surface area contributed by atoms with Crippen molar-refractivity contribution in [1.29, 1.82) is 0 Å². The summed E-state index contributed by atoms with van der Waals surface area (Å²) < 4.78 is 2.04. The SMILES string of the molecule is NC(=O)c1ccc(NC(=O)C2(NC(=O)c3ccc4c(C5CCCCC5)n(-c5ccccc5)nc4c3)CCC2)cn1. The first kappa shape index (κ1) is 25.7. The van der Waals surface area contributed by atoms with E-state index >= 15 is 0 Å². The Bertz CT molecular complexity index is 1570. The molecule has 6 rings (SSSR count). The lowest BCUT2D eigenvalue weighted by Crippen LogP contribution is -2.61. The van der Waals surface area contributed by atoms with Crippen molar-refractivity contribution in [3.05, 3.63) is 83.8 Å². The molecule has 9 heteroatoms. The summed E-state index contributed by atoms with van der Waals surface area (Å²) in [7, 11) is 0. The number of nitrogens with two attached hydrogens (primary N) is 1. The van der Waals surface area contributed by atoms with E-state index in [1.54, 1.807) is 6.07 Å². The molecule has 40 heavy (non-hydrogen) atoms. The van der Waals surface area contributed by atoms with Crippen LogP contribution in [0.25, 0.3) is 16.6 Å². The fraction of sp³-hybridized carbons (Fsp3) is 0.323. The van der Waals surface area contributed by atoms with Crippen LogP contribution in [0, 0.1) is 0 Å². The number of fused-ring (bicyclic) bond motifs is 1. The molecule has 0 saturated heterocycles. The van der Waals surface area contributed by atoms with Crippen molar-refractivity contribution in [3.63, 3.8) is 0 Å². The highest BCUT2D eigenvalue weighted by Gasteiger charge is 2.45. The Morgan fingerprint density at radius 1 is 0.925 bits per heavy atom. The number of nitrogens with one attached hydrogen (secondary N) is 2. The Kier molecular flexibility index (Phi) is 6.79. The van der Waals surface area contributed by atoms with Crippen molar-refractivity contribution in [2.24, 2.45) is 5.73 Å². The molecule has 2 aliphatic carbocycles. The quantitative estimate of drug-likeness (QED) is 0.310. The third-order valence-corrected chi connectivity index (χ3v) is 8.23. The first-order chi connectivity index (χ1) is 19.4. The van der Waals surface area contributed by atoms with E-state index in [2.05, 4.69) is 27.8 Å². The van der Waals surface area contributed by atoms with Gasteiger partial charge < -0.3 is 16.4 Å². The number of nitrogens with zero attached hydrogens (tertiary/aromatic N) is 3. The van der Waals surface area contributed by atoms with E-state index in [0.29, 0.717) is 30.0 Å². The summed E-state index contributed by atoms with van der Waals surface area (Å²) in [5, 5.41) is 11.8. The molecular formula is C31H32N6O3. The van der Waals surface area contributed by atoms with Crippen LogP contribution in [0.5, 0.6) is 0 Å². The number of pyridine rings is 1. The van der Waals surface area contributed by atoms with Gasteiger partial charge in [-0.25, -0.2) is 9.67 Å². The van der Waals surface area contributed by atoms with E-state index in [-0.39, 0.29) is 17.5 Å². The van der Waals surface area contributed by atoms with E-state index in [1.807, 2.05) is 41.1 Å². The number of primary amides is 1. The molecule has 2 aromatic heterocycles. The van der Waals surface area contributed by atoms with Gasteiger partial charge in [0.25, 0.3) is 11.8 Å². The minimum atomic E-state index is -1.01. The third kappa shape index (κ3) is 4.83. The van der Waals surface area contributed by atoms with E-state index in [9.17, 15) is 14.4 Å². The van der Waals surface area contributed by atoms with E-state index < -0.39 is 11.4 Å². The number of anilines is 1. The van der Waals surface area contributed by atoms with E-state index in [0.717, 1.165) is 35.9 Å². The lowest BCUT2D eigenvalue weighted by Gasteiger charge is -2.40. The van der Waals surface area contributed by atoms with Crippen LogP contribution < -0.4 is 16.4 Å². The van der Waals surface area contributed by atoms with Crippen LogP contribution in [0.15, 0.2) is 66.9 Å². The van der Waals surface area contributed by atoms with Crippen LogP contribution in [-0.2, 0) is 4.79 Å². The molecule has 0 aliphatic heterocycles. The molecule has 4 N–H and O–H groups in total. The summed E-state index contributed by atoms with van der Waals surface area (Å²) >= 11 is 0. The number of para-hydroxylation sites is 1. The van der Waals surface area contributed by atoms with Gasteiger partial charge in [0.1, 0.15) is 11.2 Å².